The van der Waals surface area contributed by atoms with Gasteiger partial charge in [0.1, 0.15) is 5.82 Å². The van der Waals surface area contributed by atoms with Crippen LogP contribution in [0.5, 0.6) is 0 Å². The van der Waals surface area contributed by atoms with Crippen LogP contribution in [-0.2, 0) is 0 Å². The van der Waals surface area contributed by atoms with E-state index in [4.69, 9.17) is 5.73 Å². The van der Waals surface area contributed by atoms with Crippen molar-refractivity contribution < 1.29 is 4.39 Å². The molecule has 0 spiro atoms. The topological polar surface area (TPSA) is 63.8 Å². The lowest BCUT2D eigenvalue weighted by Crippen LogP contribution is -2.11. The molecule has 1 aromatic carbocycles. The Balaban J connectivity index is 2.23. The van der Waals surface area contributed by atoms with Gasteiger partial charge < -0.3 is 11.1 Å². The fraction of sp³-hybridized carbons (Fsp3) is 0.286. The molecule has 4 nitrogen and oxygen atoms in total. The summed E-state index contributed by atoms with van der Waals surface area (Å²) in [6.45, 7) is 3.27. The van der Waals surface area contributed by atoms with Crippen molar-refractivity contribution in [2.45, 2.75) is 13.3 Å². The molecule has 1 heterocycles. The molecule has 0 unspecified atom stereocenters. The monoisotopic (exact) mass is 260 g/mol. The maximum Gasteiger partial charge on any atom is 0.223 e. The Morgan fingerprint density at radius 2 is 1.95 bits per heavy atom. The third kappa shape index (κ3) is 3.72. The van der Waals surface area contributed by atoms with E-state index >= 15 is 0 Å². The van der Waals surface area contributed by atoms with Crippen LogP contribution in [0.3, 0.4) is 0 Å². The second-order valence-electron chi connectivity index (χ2n) is 4.29. The van der Waals surface area contributed by atoms with Crippen LogP contribution in [0, 0.1) is 12.7 Å². The average Bonchev–Trinajstić information content (AvgIpc) is 2.39. The van der Waals surface area contributed by atoms with E-state index in [-0.39, 0.29) is 5.82 Å². The zero-order valence-electron chi connectivity index (χ0n) is 10.9. The number of halogens is 1. The van der Waals surface area contributed by atoms with Crippen molar-refractivity contribution >= 4 is 5.95 Å². The number of hydrogen-bond donors (Lipinski definition) is 2. The molecular formula is C14H17FN4. The number of rotatable bonds is 5. The van der Waals surface area contributed by atoms with E-state index in [2.05, 4.69) is 15.3 Å². The first-order valence-electron chi connectivity index (χ1n) is 6.24. The predicted octanol–water partition coefficient (Wildman–Crippen LogP) is 2.35. The highest BCUT2D eigenvalue weighted by molar-refractivity contribution is 5.60. The van der Waals surface area contributed by atoms with Crippen LogP contribution < -0.4 is 11.1 Å². The first-order valence-corrected chi connectivity index (χ1v) is 6.24. The van der Waals surface area contributed by atoms with Crippen LogP contribution >= 0.6 is 0 Å². The van der Waals surface area contributed by atoms with Gasteiger partial charge in [0.15, 0.2) is 0 Å². The minimum atomic E-state index is -0.254. The summed E-state index contributed by atoms with van der Waals surface area (Å²) in [7, 11) is 0. The van der Waals surface area contributed by atoms with Gasteiger partial charge >= 0.3 is 0 Å². The van der Waals surface area contributed by atoms with Crippen LogP contribution in [-0.4, -0.2) is 23.1 Å². The molecule has 3 N–H and O–H groups in total. The number of aryl methyl sites for hydroxylation is 1. The van der Waals surface area contributed by atoms with Gasteiger partial charge in [-0.05, 0) is 50.2 Å². The zero-order chi connectivity index (χ0) is 13.7. The van der Waals surface area contributed by atoms with Crippen molar-refractivity contribution in [3.8, 4) is 11.3 Å². The predicted molar refractivity (Wildman–Crippen MR) is 74.3 cm³/mol. The molecule has 2 aromatic rings. The molecule has 0 radical (unpaired) electrons. The lowest BCUT2D eigenvalue weighted by atomic mass is 10.1. The third-order valence-corrected chi connectivity index (χ3v) is 2.66. The van der Waals surface area contributed by atoms with Crippen molar-refractivity contribution in [1.82, 2.24) is 9.97 Å². The van der Waals surface area contributed by atoms with E-state index in [1.807, 2.05) is 13.0 Å². The molecule has 100 valence electrons. The summed E-state index contributed by atoms with van der Waals surface area (Å²) in [6, 6.07) is 8.14. The van der Waals surface area contributed by atoms with Crippen LogP contribution in [0.15, 0.2) is 30.3 Å². The van der Waals surface area contributed by atoms with Gasteiger partial charge in [-0.3, -0.25) is 0 Å². The lowest BCUT2D eigenvalue weighted by Gasteiger charge is -2.08. The van der Waals surface area contributed by atoms with Gasteiger partial charge in [0.2, 0.25) is 5.95 Å². The molecule has 2 rings (SSSR count). The number of benzene rings is 1. The molecule has 0 bridgehead atoms. The fourth-order valence-corrected chi connectivity index (χ4v) is 1.72. The van der Waals surface area contributed by atoms with Gasteiger partial charge in [-0.1, -0.05) is 0 Å². The second-order valence-corrected chi connectivity index (χ2v) is 4.29. The number of aromatic nitrogens is 2. The van der Waals surface area contributed by atoms with Crippen molar-refractivity contribution in [1.29, 1.82) is 0 Å². The summed E-state index contributed by atoms with van der Waals surface area (Å²) < 4.78 is 12.9. The maximum absolute atomic E-state index is 12.9. The Labute approximate surface area is 111 Å². The molecule has 0 amide bonds. The second kappa shape index (κ2) is 6.24. The van der Waals surface area contributed by atoms with Crippen LogP contribution in [0.2, 0.25) is 0 Å². The molecule has 5 heteroatoms. The Morgan fingerprint density at radius 3 is 2.63 bits per heavy atom. The Bertz CT molecular complexity index is 540. The van der Waals surface area contributed by atoms with E-state index in [1.54, 1.807) is 12.1 Å². The molecular weight excluding hydrogens is 243 g/mol. The summed E-state index contributed by atoms with van der Waals surface area (Å²) >= 11 is 0. The number of nitrogens with two attached hydrogens (primary N) is 1. The molecule has 0 aliphatic heterocycles. The lowest BCUT2D eigenvalue weighted by molar-refractivity contribution is 0.628. The van der Waals surface area contributed by atoms with Gasteiger partial charge in [-0.2, -0.15) is 0 Å². The Kier molecular flexibility index (Phi) is 4.41. The number of nitrogens with one attached hydrogen (secondary N) is 1. The summed E-state index contributed by atoms with van der Waals surface area (Å²) in [5.74, 6) is 0.323. The van der Waals surface area contributed by atoms with Gasteiger partial charge in [0.05, 0.1) is 5.69 Å². The van der Waals surface area contributed by atoms with E-state index in [1.165, 1.54) is 12.1 Å². The highest BCUT2D eigenvalue weighted by atomic mass is 19.1. The fourth-order valence-electron chi connectivity index (χ4n) is 1.72. The van der Waals surface area contributed by atoms with E-state index in [0.717, 1.165) is 29.9 Å². The van der Waals surface area contributed by atoms with Crippen LogP contribution in [0.4, 0.5) is 10.3 Å². The first kappa shape index (κ1) is 13.4. The van der Waals surface area contributed by atoms with Crippen LogP contribution in [0.1, 0.15) is 12.1 Å². The summed E-state index contributed by atoms with van der Waals surface area (Å²) in [6.07, 6.45) is 0.864. The smallest absolute Gasteiger partial charge is 0.223 e. The molecule has 0 fully saturated rings. The largest absolute Gasteiger partial charge is 0.354 e. The molecule has 0 atom stereocenters. The SMILES string of the molecule is Cc1cc(-c2ccc(F)cc2)nc(NCCCN)n1. The van der Waals surface area contributed by atoms with Gasteiger partial charge in [0.25, 0.3) is 0 Å². The molecule has 19 heavy (non-hydrogen) atoms. The first-order chi connectivity index (χ1) is 9.19. The summed E-state index contributed by atoms with van der Waals surface area (Å²) in [4.78, 5) is 8.73. The molecule has 0 aliphatic rings. The molecule has 0 saturated heterocycles. The number of hydrogen-bond acceptors (Lipinski definition) is 4. The normalized spacial score (nSPS) is 10.5. The highest BCUT2D eigenvalue weighted by Gasteiger charge is 2.04. The molecule has 0 saturated carbocycles. The zero-order valence-corrected chi connectivity index (χ0v) is 10.9. The summed E-state index contributed by atoms with van der Waals surface area (Å²) in [5, 5.41) is 3.13. The standard InChI is InChI=1S/C14H17FN4/c1-10-9-13(11-3-5-12(15)6-4-11)19-14(18-10)17-8-2-7-16/h3-6,9H,2,7-8,16H2,1H3,(H,17,18,19). The van der Waals surface area contributed by atoms with Crippen molar-refractivity contribution in [3.63, 3.8) is 0 Å². The minimum Gasteiger partial charge on any atom is -0.354 e. The minimum absolute atomic E-state index is 0.254. The average molecular weight is 260 g/mol. The van der Waals surface area contributed by atoms with Gasteiger partial charge in [-0.15, -0.1) is 0 Å². The van der Waals surface area contributed by atoms with Crippen molar-refractivity contribution in [2.24, 2.45) is 5.73 Å². The molecule has 1 aromatic heterocycles. The Morgan fingerprint density at radius 1 is 1.21 bits per heavy atom. The molecule has 0 aliphatic carbocycles. The van der Waals surface area contributed by atoms with Crippen molar-refractivity contribution in [2.75, 3.05) is 18.4 Å². The Hall–Kier alpha value is -2.01. The highest BCUT2D eigenvalue weighted by Crippen LogP contribution is 2.19. The summed E-state index contributed by atoms with van der Waals surface area (Å²) in [5.41, 5.74) is 7.96. The van der Waals surface area contributed by atoms with E-state index in [9.17, 15) is 4.39 Å². The van der Waals surface area contributed by atoms with Gasteiger partial charge in [0, 0.05) is 17.8 Å². The van der Waals surface area contributed by atoms with Crippen molar-refractivity contribution in [3.05, 3.63) is 41.8 Å². The van der Waals surface area contributed by atoms with Gasteiger partial charge in [-0.25, -0.2) is 14.4 Å². The van der Waals surface area contributed by atoms with Crippen LogP contribution in [0.25, 0.3) is 11.3 Å². The van der Waals surface area contributed by atoms with E-state index in [0.29, 0.717) is 12.5 Å². The number of anilines is 1. The quantitative estimate of drug-likeness (QED) is 0.810. The maximum atomic E-state index is 12.9. The third-order valence-electron chi connectivity index (χ3n) is 2.66. The number of nitrogens with zero attached hydrogens (tertiary/aromatic N) is 2. The van der Waals surface area contributed by atoms with E-state index < -0.39 is 0 Å².